The smallest absolute Gasteiger partial charge is 0.125 e. The Morgan fingerprint density at radius 2 is 2.50 bits per heavy atom. The molecule has 0 aliphatic heterocycles. The van der Waals surface area contributed by atoms with Crippen molar-refractivity contribution in [1.29, 1.82) is 0 Å². The first-order valence-corrected chi connectivity index (χ1v) is 3.30. The predicted octanol–water partition coefficient (Wildman–Crippen LogP) is 1.65. The van der Waals surface area contributed by atoms with E-state index in [0.717, 1.165) is 10.4 Å². The van der Waals surface area contributed by atoms with Crippen molar-refractivity contribution in [2.45, 2.75) is 6.92 Å². The molecule has 0 bridgehead atoms. The van der Waals surface area contributed by atoms with Crippen molar-refractivity contribution in [2.24, 2.45) is 0 Å². The van der Waals surface area contributed by atoms with Crippen molar-refractivity contribution in [1.82, 2.24) is 8.96 Å². The molecule has 0 spiro atoms. The van der Waals surface area contributed by atoms with Crippen LogP contribution in [0.15, 0.2) is 10.8 Å². The van der Waals surface area contributed by atoms with E-state index in [2.05, 4.69) is 33.7 Å². The molecular weight excluding hydrogens is 188 g/mol. The second-order valence-electron chi connectivity index (χ2n) is 1.46. The molecule has 2 nitrogen and oxygen atoms in total. The Kier molecular flexibility index (Phi) is 1.62. The second kappa shape index (κ2) is 2.11. The lowest BCUT2D eigenvalue weighted by Gasteiger charge is -1.85. The van der Waals surface area contributed by atoms with Gasteiger partial charge >= 0.3 is 0 Å². The SMILES string of the molecule is Cc1nc(Br)cn1S. The van der Waals surface area contributed by atoms with Crippen LogP contribution in [0.4, 0.5) is 0 Å². The fraction of sp³-hybridized carbons (Fsp3) is 0.250. The zero-order valence-corrected chi connectivity index (χ0v) is 6.78. The third-order valence-electron chi connectivity index (χ3n) is 0.829. The molecule has 4 heteroatoms. The van der Waals surface area contributed by atoms with Crippen LogP contribution in [-0.2, 0) is 0 Å². The minimum Gasteiger partial charge on any atom is -0.279 e. The molecule has 0 fully saturated rings. The van der Waals surface area contributed by atoms with Crippen molar-refractivity contribution in [3.63, 3.8) is 0 Å². The van der Waals surface area contributed by atoms with Gasteiger partial charge in [0, 0.05) is 0 Å². The van der Waals surface area contributed by atoms with E-state index in [9.17, 15) is 0 Å². The number of imidazole rings is 1. The molecule has 1 heterocycles. The average molecular weight is 193 g/mol. The summed E-state index contributed by atoms with van der Waals surface area (Å²) in [5, 5.41) is 0. The maximum absolute atomic E-state index is 4.04. The van der Waals surface area contributed by atoms with Crippen molar-refractivity contribution in [3.8, 4) is 0 Å². The van der Waals surface area contributed by atoms with E-state index in [1.165, 1.54) is 0 Å². The standard InChI is InChI=1S/C4H5BrN2S/c1-3-6-4(5)2-7(3)8/h2,8H,1H3. The number of thiol groups is 1. The van der Waals surface area contributed by atoms with Crippen LogP contribution in [0.3, 0.4) is 0 Å². The van der Waals surface area contributed by atoms with Crippen LogP contribution in [-0.4, -0.2) is 8.96 Å². The summed E-state index contributed by atoms with van der Waals surface area (Å²) in [7, 11) is 0. The summed E-state index contributed by atoms with van der Waals surface area (Å²) in [6, 6.07) is 0. The Labute approximate surface area is 61.6 Å². The Morgan fingerprint density at radius 3 is 2.62 bits per heavy atom. The molecule has 0 radical (unpaired) electrons. The fourth-order valence-corrected chi connectivity index (χ4v) is 1.20. The highest BCUT2D eigenvalue weighted by atomic mass is 79.9. The van der Waals surface area contributed by atoms with Gasteiger partial charge in [-0.25, -0.2) is 4.98 Å². The van der Waals surface area contributed by atoms with Gasteiger partial charge < -0.3 is 0 Å². The number of rotatable bonds is 0. The number of hydrogen-bond donors (Lipinski definition) is 1. The quantitative estimate of drug-likeness (QED) is 0.620. The van der Waals surface area contributed by atoms with Crippen molar-refractivity contribution >= 4 is 28.7 Å². The first kappa shape index (κ1) is 6.16. The Hall–Kier alpha value is 0.0400. The highest BCUT2D eigenvalue weighted by Crippen LogP contribution is 2.08. The Morgan fingerprint density at radius 1 is 1.88 bits per heavy atom. The summed E-state index contributed by atoms with van der Waals surface area (Å²) >= 11 is 7.24. The third-order valence-corrected chi connectivity index (χ3v) is 1.62. The molecule has 0 saturated carbocycles. The van der Waals surface area contributed by atoms with Crippen LogP contribution >= 0.6 is 28.7 Å². The molecule has 0 aliphatic rings. The van der Waals surface area contributed by atoms with Gasteiger partial charge in [0.05, 0.1) is 6.20 Å². The molecule has 0 atom stereocenters. The van der Waals surface area contributed by atoms with Crippen LogP contribution in [0, 0.1) is 6.92 Å². The zero-order chi connectivity index (χ0) is 6.15. The molecule has 0 aliphatic carbocycles. The van der Waals surface area contributed by atoms with Crippen LogP contribution in [0.5, 0.6) is 0 Å². The second-order valence-corrected chi connectivity index (χ2v) is 2.70. The fourth-order valence-electron chi connectivity index (χ4n) is 0.429. The maximum atomic E-state index is 4.04. The van der Waals surface area contributed by atoms with Gasteiger partial charge in [0.1, 0.15) is 10.4 Å². The molecule has 1 aromatic heterocycles. The van der Waals surface area contributed by atoms with Crippen LogP contribution in [0.1, 0.15) is 5.82 Å². The van der Waals surface area contributed by atoms with E-state index >= 15 is 0 Å². The Bertz CT molecular complexity index is 176. The summed E-state index contributed by atoms with van der Waals surface area (Å²) in [5.41, 5.74) is 0. The lowest BCUT2D eigenvalue weighted by molar-refractivity contribution is 1.10. The van der Waals surface area contributed by atoms with Crippen molar-refractivity contribution in [2.75, 3.05) is 0 Å². The highest BCUT2D eigenvalue weighted by molar-refractivity contribution is 9.10. The first-order chi connectivity index (χ1) is 3.70. The minimum atomic E-state index is 0.824. The van der Waals surface area contributed by atoms with Gasteiger partial charge in [-0.1, -0.05) is 12.8 Å². The molecule has 1 aromatic rings. The molecule has 0 saturated heterocycles. The van der Waals surface area contributed by atoms with Gasteiger partial charge in [-0.3, -0.25) is 3.97 Å². The van der Waals surface area contributed by atoms with Gasteiger partial charge in [-0.05, 0) is 22.9 Å². The minimum absolute atomic E-state index is 0.824. The number of halogens is 1. The number of aryl methyl sites for hydroxylation is 1. The highest BCUT2D eigenvalue weighted by Gasteiger charge is 1.94. The normalized spacial score (nSPS) is 9.88. The topological polar surface area (TPSA) is 17.8 Å². The molecule has 0 aromatic carbocycles. The average Bonchev–Trinajstić information content (AvgIpc) is 1.85. The molecular formula is C4H5BrN2S. The zero-order valence-electron chi connectivity index (χ0n) is 4.30. The summed E-state index contributed by atoms with van der Waals surface area (Å²) < 4.78 is 2.48. The van der Waals surface area contributed by atoms with Gasteiger partial charge in [-0.2, -0.15) is 0 Å². The van der Waals surface area contributed by atoms with E-state index in [0.29, 0.717) is 0 Å². The van der Waals surface area contributed by atoms with Crippen LogP contribution < -0.4 is 0 Å². The maximum Gasteiger partial charge on any atom is 0.125 e. The van der Waals surface area contributed by atoms with E-state index in [4.69, 9.17) is 0 Å². The summed E-state index contributed by atoms with van der Waals surface area (Å²) in [6.07, 6.45) is 1.79. The van der Waals surface area contributed by atoms with Crippen LogP contribution in [0.2, 0.25) is 0 Å². The lowest BCUT2D eigenvalue weighted by Crippen LogP contribution is -1.79. The molecule has 1 rings (SSSR count). The number of hydrogen-bond acceptors (Lipinski definition) is 2. The van der Waals surface area contributed by atoms with E-state index in [1.54, 1.807) is 10.2 Å². The van der Waals surface area contributed by atoms with E-state index in [-0.39, 0.29) is 0 Å². The van der Waals surface area contributed by atoms with Crippen molar-refractivity contribution < 1.29 is 0 Å². The van der Waals surface area contributed by atoms with E-state index < -0.39 is 0 Å². The molecule has 0 unspecified atom stereocenters. The summed E-state index contributed by atoms with van der Waals surface area (Å²) in [5.74, 6) is 0.889. The van der Waals surface area contributed by atoms with Gasteiger partial charge in [0.25, 0.3) is 0 Å². The molecule has 44 valence electrons. The lowest BCUT2D eigenvalue weighted by atomic mass is 10.8. The third kappa shape index (κ3) is 1.06. The Balaban J connectivity index is 3.14. The van der Waals surface area contributed by atoms with Gasteiger partial charge in [-0.15, -0.1) is 0 Å². The van der Waals surface area contributed by atoms with E-state index in [1.807, 2.05) is 6.92 Å². The first-order valence-electron chi connectivity index (χ1n) is 2.11. The molecule has 8 heavy (non-hydrogen) atoms. The monoisotopic (exact) mass is 192 g/mol. The largest absolute Gasteiger partial charge is 0.279 e. The van der Waals surface area contributed by atoms with Crippen LogP contribution in [0.25, 0.3) is 0 Å². The van der Waals surface area contributed by atoms with Crippen molar-refractivity contribution in [3.05, 3.63) is 16.6 Å². The van der Waals surface area contributed by atoms with Gasteiger partial charge in [0.15, 0.2) is 0 Å². The molecule has 0 amide bonds. The number of nitrogens with zero attached hydrogens (tertiary/aromatic N) is 2. The number of aromatic nitrogens is 2. The summed E-state index contributed by atoms with van der Waals surface area (Å²) in [6.45, 7) is 1.89. The molecule has 0 N–H and O–H groups in total. The predicted molar refractivity (Wildman–Crippen MR) is 39.0 cm³/mol. The van der Waals surface area contributed by atoms with Gasteiger partial charge in [0.2, 0.25) is 0 Å². The summed E-state index contributed by atoms with van der Waals surface area (Å²) in [4.78, 5) is 4.01.